The highest BCUT2D eigenvalue weighted by molar-refractivity contribution is 5.87. The molecule has 1 rings (SSSR count). The summed E-state index contributed by atoms with van der Waals surface area (Å²) in [6, 6.07) is 3.62. The normalized spacial score (nSPS) is 9.79. The first-order valence-electron chi connectivity index (χ1n) is 6.46. The molecular weight excluding hydrogens is 240 g/mol. The molecule has 0 aliphatic heterocycles. The average molecular weight is 262 g/mol. The number of carbonyl (C=O) groups is 1. The molecule has 5 nitrogen and oxygen atoms in total. The molecule has 0 aromatic carbocycles. The second kappa shape index (κ2) is 8.13. The lowest BCUT2D eigenvalue weighted by atomic mass is 10.3. The summed E-state index contributed by atoms with van der Waals surface area (Å²) in [5, 5.41) is 6.01. The zero-order valence-corrected chi connectivity index (χ0v) is 11.6. The maximum atomic E-state index is 11.3. The van der Waals surface area contributed by atoms with E-state index in [2.05, 4.69) is 15.6 Å². The number of rotatable bonds is 7. The van der Waals surface area contributed by atoms with E-state index in [0.717, 1.165) is 30.8 Å². The number of carbonyl (C=O) groups excluding carboxylic acids is 1. The van der Waals surface area contributed by atoms with Crippen molar-refractivity contribution in [1.29, 1.82) is 0 Å². The fourth-order valence-corrected chi connectivity index (χ4v) is 1.55. The molecule has 5 heteroatoms. The first kappa shape index (κ1) is 15.0. The summed E-state index contributed by atoms with van der Waals surface area (Å²) < 4.78 is 0. The molecule has 0 aliphatic carbocycles. The summed E-state index contributed by atoms with van der Waals surface area (Å²) in [5.74, 6) is 0.693. The molecule has 0 bridgehead atoms. The number of amides is 1. The van der Waals surface area contributed by atoms with Gasteiger partial charge in [-0.3, -0.25) is 4.79 Å². The second-order valence-corrected chi connectivity index (χ2v) is 4.59. The van der Waals surface area contributed by atoms with Crippen LogP contribution in [0.4, 0.5) is 11.5 Å². The molecule has 0 fully saturated rings. The number of allylic oxidation sites excluding steroid dienone is 1. The van der Waals surface area contributed by atoms with Gasteiger partial charge in [-0.2, -0.15) is 0 Å². The van der Waals surface area contributed by atoms with Gasteiger partial charge in [-0.1, -0.05) is 5.57 Å². The van der Waals surface area contributed by atoms with Crippen molar-refractivity contribution in [3.8, 4) is 0 Å². The predicted molar refractivity (Wildman–Crippen MR) is 78.8 cm³/mol. The zero-order valence-electron chi connectivity index (χ0n) is 11.6. The van der Waals surface area contributed by atoms with Crippen molar-refractivity contribution in [2.45, 2.75) is 26.7 Å². The fraction of sp³-hybridized carbons (Fsp3) is 0.429. The fourth-order valence-electron chi connectivity index (χ4n) is 1.55. The van der Waals surface area contributed by atoms with Gasteiger partial charge in [-0.25, -0.2) is 4.98 Å². The van der Waals surface area contributed by atoms with Crippen LogP contribution in [0.3, 0.4) is 0 Å². The summed E-state index contributed by atoms with van der Waals surface area (Å²) in [6.07, 6.45) is 5.18. The van der Waals surface area contributed by atoms with E-state index in [1.165, 1.54) is 0 Å². The number of hydrogen-bond acceptors (Lipinski definition) is 4. The van der Waals surface area contributed by atoms with E-state index in [4.69, 9.17) is 5.73 Å². The topological polar surface area (TPSA) is 80.0 Å². The number of aromatic nitrogens is 1. The van der Waals surface area contributed by atoms with Crippen LogP contribution < -0.4 is 16.4 Å². The van der Waals surface area contributed by atoms with Gasteiger partial charge in [-0.15, -0.1) is 0 Å². The molecule has 0 aliphatic rings. The van der Waals surface area contributed by atoms with Crippen molar-refractivity contribution < 1.29 is 4.79 Å². The third-order valence-electron chi connectivity index (χ3n) is 2.45. The molecular formula is C14H22N4O. The third-order valence-corrected chi connectivity index (χ3v) is 2.45. The van der Waals surface area contributed by atoms with Crippen molar-refractivity contribution in [3.05, 3.63) is 30.0 Å². The molecule has 0 radical (unpaired) electrons. The Morgan fingerprint density at radius 1 is 1.37 bits per heavy atom. The highest BCUT2D eigenvalue weighted by Gasteiger charge is 1.98. The number of anilines is 2. The van der Waals surface area contributed by atoms with Crippen LogP contribution in [0.5, 0.6) is 0 Å². The van der Waals surface area contributed by atoms with E-state index in [9.17, 15) is 4.79 Å². The molecule has 1 aromatic rings. The quantitative estimate of drug-likeness (QED) is 0.518. The number of hydrogen-bond donors (Lipinski definition) is 3. The Bertz CT molecular complexity index is 439. The van der Waals surface area contributed by atoms with Crippen LogP contribution in [0.1, 0.15) is 26.7 Å². The smallest absolute Gasteiger partial charge is 0.243 e. The van der Waals surface area contributed by atoms with Crippen LogP contribution in [0.2, 0.25) is 0 Å². The highest BCUT2D eigenvalue weighted by Crippen LogP contribution is 2.12. The molecule has 1 heterocycles. The van der Waals surface area contributed by atoms with E-state index >= 15 is 0 Å². The first-order valence-corrected chi connectivity index (χ1v) is 6.46. The lowest BCUT2D eigenvalue weighted by molar-refractivity contribution is -0.116. The Balaban J connectivity index is 2.11. The van der Waals surface area contributed by atoms with Gasteiger partial charge in [0.15, 0.2) is 0 Å². The standard InChI is InChI=1S/C14H22N4O/c1-11(2)10-13(19)16-7-3-4-8-17-14-12(15)6-5-9-18-14/h5-6,9-10H,3-4,7-8,15H2,1-2H3,(H,16,19)(H,17,18). The molecule has 0 saturated carbocycles. The average Bonchev–Trinajstić information content (AvgIpc) is 2.34. The summed E-state index contributed by atoms with van der Waals surface area (Å²) in [7, 11) is 0. The summed E-state index contributed by atoms with van der Waals surface area (Å²) in [5.41, 5.74) is 7.42. The number of nitrogens with zero attached hydrogens (tertiary/aromatic N) is 1. The van der Waals surface area contributed by atoms with Crippen LogP contribution in [0.15, 0.2) is 30.0 Å². The third kappa shape index (κ3) is 6.45. The molecule has 1 aromatic heterocycles. The Morgan fingerprint density at radius 3 is 2.79 bits per heavy atom. The Kier molecular flexibility index (Phi) is 6.43. The summed E-state index contributed by atoms with van der Waals surface area (Å²) in [4.78, 5) is 15.5. The van der Waals surface area contributed by atoms with E-state index in [-0.39, 0.29) is 5.91 Å². The number of unbranched alkanes of at least 4 members (excludes halogenated alkanes) is 1. The lowest BCUT2D eigenvalue weighted by Gasteiger charge is -2.07. The molecule has 0 spiro atoms. The minimum Gasteiger partial charge on any atom is -0.396 e. The zero-order chi connectivity index (χ0) is 14.1. The number of nitrogen functional groups attached to an aromatic ring is 1. The van der Waals surface area contributed by atoms with E-state index in [0.29, 0.717) is 12.2 Å². The molecule has 104 valence electrons. The molecule has 4 N–H and O–H groups in total. The van der Waals surface area contributed by atoms with Gasteiger partial charge < -0.3 is 16.4 Å². The number of pyridine rings is 1. The summed E-state index contributed by atoms with van der Waals surface area (Å²) in [6.45, 7) is 5.28. The predicted octanol–water partition coefficient (Wildman–Crippen LogP) is 1.94. The van der Waals surface area contributed by atoms with Crippen LogP contribution >= 0.6 is 0 Å². The lowest BCUT2D eigenvalue weighted by Crippen LogP contribution is -2.22. The maximum Gasteiger partial charge on any atom is 0.243 e. The van der Waals surface area contributed by atoms with Gasteiger partial charge in [0, 0.05) is 25.4 Å². The van der Waals surface area contributed by atoms with Crippen LogP contribution in [0.25, 0.3) is 0 Å². The van der Waals surface area contributed by atoms with E-state index < -0.39 is 0 Å². The van der Waals surface area contributed by atoms with Crippen LogP contribution in [0, 0.1) is 0 Å². The highest BCUT2D eigenvalue weighted by atomic mass is 16.1. The van der Waals surface area contributed by atoms with Crippen LogP contribution in [-0.4, -0.2) is 24.0 Å². The molecule has 0 unspecified atom stereocenters. The van der Waals surface area contributed by atoms with Gasteiger partial charge in [0.05, 0.1) is 5.69 Å². The number of nitrogens with one attached hydrogen (secondary N) is 2. The Labute approximate surface area is 114 Å². The van der Waals surface area contributed by atoms with Gasteiger partial charge in [0.2, 0.25) is 5.91 Å². The van der Waals surface area contributed by atoms with Crippen molar-refractivity contribution >= 4 is 17.4 Å². The van der Waals surface area contributed by atoms with Gasteiger partial charge in [-0.05, 0) is 38.8 Å². The Hall–Kier alpha value is -2.04. The minimum atomic E-state index is -0.0260. The minimum absolute atomic E-state index is 0.0260. The first-order chi connectivity index (χ1) is 9.09. The van der Waals surface area contributed by atoms with E-state index in [1.54, 1.807) is 18.3 Å². The van der Waals surface area contributed by atoms with Crippen LogP contribution in [-0.2, 0) is 4.79 Å². The summed E-state index contributed by atoms with van der Waals surface area (Å²) >= 11 is 0. The van der Waals surface area contributed by atoms with E-state index in [1.807, 2.05) is 19.9 Å². The second-order valence-electron chi connectivity index (χ2n) is 4.59. The van der Waals surface area contributed by atoms with Gasteiger partial charge >= 0.3 is 0 Å². The van der Waals surface area contributed by atoms with Gasteiger partial charge in [0.25, 0.3) is 0 Å². The number of nitrogens with two attached hydrogens (primary N) is 1. The SMILES string of the molecule is CC(C)=CC(=O)NCCCCNc1ncccc1N. The van der Waals surface area contributed by atoms with Gasteiger partial charge in [0.1, 0.15) is 5.82 Å². The molecule has 0 atom stereocenters. The largest absolute Gasteiger partial charge is 0.396 e. The van der Waals surface area contributed by atoms with Crippen molar-refractivity contribution in [3.63, 3.8) is 0 Å². The molecule has 19 heavy (non-hydrogen) atoms. The molecule has 0 saturated heterocycles. The van der Waals surface area contributed by atoms with Crippen molar-refractivity contribution in [2.75, 3.05) is 24.1 Å². The monoisotopic (exact) mass is 262 g/mol. The van der Waals surface area contributed by atoms with Crippen molar-refractivity contribution in [2.24, 2.45) is 0 Å². The maximum absolute atomic E-state index is 11.3. The molecule has 1 amide bonds. The van der Waals surface area contributed by atoms with Crippen molar-refractivity contribution in [1.82, 2.24) is 10.3 Å². The Morgan fingerprint density at radius 2 is 2.11 bits per heavy atom.